The van der Waals surface area contributed by atoms with Gasteiger partial charge in [0.2, 0.25) is 0 Å². The predicted molar refractivity (Wildman–Crippen MR) is 71.8 cm³/mol. The quantitative estimate of drug-likeness (QED) is 0.773. The van der Waals surface area contributed by atoms with Crippen LogP contribution < -0.4 is 4.90 Å². The third-order valence-corrected chi connectivity index (χ3v) is 2.99. The van der Waals surface area contributed by atoms with Crippen LogP contribution in [0.5, 0.6) is 0 Å². The summed E-state index contributed by atoms with van der Waals surface area (Å²) in [4.78, 5) is 17.9. The van der Waals surface area contributed by atoms with Crippen molar-refractivity contribution in [3.63, 3.8) is 0 Å². The zero-order valence-electron chi connectivity index (χ0n) is 10.9. The van der Waals surface area contributed by atoms with Gasteiger partial charge in [0.1, 0.15) is 5.82 Å². The van der Waals surface area contributed by atoms with Crippen LogP contribution in [0.1, 0.15) is 23.1 Å². The molecule has 0 aliphatic carbocycles. The van der Waals surface area contributed by atoms with E-state index < -0.39 is 0 Å². The van der Waals surface area contributed by atoms with Gasteiger partial charge in [-0.1, -0.05) is 12.1 Å². The first-order valence-electron chi connectivity index (χ1n) is 5.87. The fourth-order valence-corrected chi connectivity index (χ4v) is 1.95. The average Bonchev–Trinajstić information content (AvgIpc) is 2.75. The molecule has 0 spiro atoms. The van der Waals surface area contributed by atoms with E-state index in [1.54, 1.807) is 13.1 Å². The Morgan fingerprint density at radius 3 is 2.72 bits per heavy atom. The van der Waals surface area contributed by atoms with Gasteiger partial charge >= 0.3 is 0 Å². The first-order chi connectivity index (χ1) is 8.59. The number of carbonyl (C=O) groups excluding carboxylic acids is 1. The van der Waals surface area contributed by atoms with Gasteiger partial charge in [-0.2, -0.15) is 0 Å². The largest absolute Gasteiger partial charge is 0.367 e. The molecule has 2 aromatic rings. The highest BCUT2D eigenvalue weighted by Crippen LogP contribution is 2.20. The Bertz CT molecular complexity index is 560. The molecule has 0 fully saturated rings. The summed E-state index contributed by atoms with van der Waals surface area (Å²) in [7, 11) is 3.93. The summed E-state index contributed by atoms with van der Waals surface area (Å²) in [5.74, 6) is 1.05. The highest BCUT2D eigenvalue weighted by atomic mass is 16.1. The highest BCUT2D eigenvalue weighted by molar-refractivity contribution is 5.99. The Labute approximate surface area is 107 Å². The van der Waals surface area contributed by atoms with Crippen molar-refractivity contribution < 1.29 is 4.79 Å². The second-order valence-electron chi connectivity index (χ2n) is 4.38. The number of hydrogen-bond acceptors (Lipinski definition) is 3. The van der Waals surface area contributed by atoms with Crippen molar-refractivity contribution in [1.82, 2.24) is 9.55 Å². The van der Waals surface area contributed by atoms with E-state index in [4.69, 9.17) is 0 Å². The van der Waals surface area contributed by atoms with Crippen molar-refractivity contribution in [2.45, 2.75) is 13.5 Å². The van der Waals surface area contributed by atoms with Gasteiger partial charge in [0, 0.05) is 37.7 Å². The van der Waals surface area contributed by atoms with Crippen molar-refractivity contribution in [3.05, 3.63) is 48.0 Å². The maximum atomic E-state index is 11.6. The van der Waals surface area contributed by atoms with Gasteiger partial charge < -0.3 is 9.47 Å². The van der Waals surface area contributed by atoms with Crippen LogP contribution >= 0.6 is 0 Å². The molecule has 18 heavy (non-hydrogen) atoms. The Hall–Kier alpha value is -2.10. The number of hydrogen-bond donors (Lipinski definition) is 0. The number of aryl methyl sites for hydroxylation is 1. The lowest BCUT2D eigenvalue weighted by Gasteiger charge is -2.21. The summed E-state index contributed by atoms with van der Waals surface area (Å²) in [6.45, 7) is 2.27. The van der Waals surface area contributed by atoms with Crippen LogP contribution in [0.4, 0.5) is 5.69 Å². The Kier molecular flexibility index (Phi) is 3.46. The number of ketones is 1. The number of rotatable bonds is 4. The zero-order chi connectivity index (χ0) is 13.1. The van der Waals surface area contributed by atoms with Gasteiger partial charge in [-0.25, -0.2) is 4.98 Å². The van der Waals surface area contributed by atoms with Gasteiger partial charge in [0.15, 0.2) is 5.78 Å². The molecule has 0 unspecified atom stereocenters. The molecule has 0 bridgehead atoms. The normalized spacial score (nSPS) is 10.4. The van der Waals surface area contributed by atoms with Gasteiger partial charge in [-0.15, -0.1) is 0 Å². The molecule has 1 aromatic heterocycles. The van der Waals surface area contributed by atoms with E-state index in [0.717, 1.165) is 17.1 Å². The van der Waals surface area contributed by atoms with E-state index in [0.29, 0.717) is 6.54 Å². The molecule has 0 aliphatic heterocycles. The molecule has 0 saturated heterocycles. The van der Waals surface area contributed by atoms with Crippen LogP contribution in [0.15, 0.2) is 36.7 Å². The molecule has 0 amide bonds. The average molecular weight is 243 g/mol. The Balaban J connectivity index is 2.26. The lowest BCUT2D eigenvalue weighted by molar-refractivity contribution is 0.101. The number of Topliss-reactive ketones (excluding diaryl/α,β-unsaturated/α-hetero) is 1. The van der Waals surface area contributed by atoms with E-state index >= 15 is 0 Å². The molecular formula is C14H17N3O. The van der Waals surface area contributed by atoms with Gasteiger partial charge in [-0.05, 0) is 19.1 Å². The third kappa shape index (κ3) is 2.42. The minimum Gasteiger partial charge on any atom is -0.367 e. The maximum absolute atomic E-state index is 11.6. The van der Waals surface area contributed by atoms with Crippen LogP contribution in [-0.2, 0) is 13.6 Å². The molecule has 1 heterocycles. The van der Waals surface area contributed by atoms with E-state index in [1.165, 1.54) is 0 Å². The molecule has 0 saturated carbocycles. The summed E-state index contributed by atoms with van der Waals surface area (Å²) in [5.41, 5.74) is 1.68. The molecule has 1 aromatic carbocycles. The number of benzene rings is 1. The highest BCUT2D eigenvalue weighted by Gasteiger charge is 2.12. The second kappa shape index (κ2) is 5.04. The van der Waals surface area contributed by atoms with Crippen molar-refractivity contribution in [1.29, 1.82) is 0 Å². The van der Waals surface area contributed by atoms with Crippen LogP contribution in [0.3, 0.4) is 0 Å². The van der Waals surface area contributed by atoms with Gasteiger partial charge in [-0.3, -0.25) is 4.79 Å². The SMILES string of the molecule is CC(=O)c1ccccc1N(C)Cc1nccn1C. The Morgan fingerprint density at radius 2 is 2.11 bits per heavy atom. The number of para-hydroxylation sites is 1. The number of carbonyl (C=O) groups is 1. The minimum absolute atomic E-state index is 0.0808. The minimum atomic E-state index is 0.0808. The van der Waals surface area contributed by atoms with Crippen LogP contribution in [0.25, 0.3) is 0 Å². The summed E-state index contributed by atoms with van der Waals surface area (Å²) < 4.78 is 1.98. The molecule has 0 atom stereocenters. The van der Waals surface area contributed by atoms with E-state index in [-0.39, 0.29) is 5.78 Å². The summed E-state index contributed by atoms with van der Waals surface area (Å²) in [6.07, 6.45) is 3.69. The standard InChI is InChI=1S/C14H17N3O/c1-11(18)12-6-4-5-7-13(12)17(3)10-14-15-8-9-16(14)2/h4-9H,10H2,1-3H3. The van der Waals surface area contributed by atoms with Crippen LogP contribution in [0, 0.1) is 0 Å². The van der Waals surface area contributed by atoms with Gasteiger partial charge in [0.05, 0.1) is 6.54 Å². The van der Waals surface area contributed by atoms with Crippen LogP contribution in [0.2, 0.25) is 0 Å². The van der Waals surface area contributed by atoms with Crippen molar-refractivity contribution >= 4 is 11.5 Å². The number of anilines is 1. The first kappa shape index (κ1) is 12.4. The van der Waals surface area contributed by atoms with Gasteiger partial charge in [0.25, 0.3) is 0 Å². The summed E-state index contributed by atoms with van der Waals surface area (Å²) >= 11 is 0. The van der Waals surface area contributed by atoms with E-state index in [1.807, 2.05) is 54.0 Å². The van der Waals surface area contributed by atoms with Crippen molar-refractivity contribution in [2.24, 2.45) is 7.05 Å². The molecule has 2 rings (SSSR count). The number of aromatic nitrogens is 2. The number of nitrogens with zero attached hydrogens (tertiary/aromatic N) is 3. The molecule has 4 nitrogen and oxygen atoms in total. The smallest absolute Gasteiger partial charge is 0.161 e. The molecule has 0 N–H and O–H groups in total. The fraction of sp³-hybridized carbons (Fsp3) is 0.286. The monoisotopic (exact) mass is 243 g/mol. The summed E-state index contributed by atoms with van der Waals surface area (Å²) in [5, 5.41) is 0. The maximum Gasteiger partial charge on any atom is 0.161 e. The first-order valence-corrected chi connectivity index (χ1v) is 5.87. The molecule has 0 aliphatic rings. The Morgan fingerprint density at radius 1 is 1.39 bits per heavy atom. The summed E-state index contributed by atoms with van der Waals surface area (Å²) in [6, 6.07) is 7.64. The second-order valence-corrected chi connectivity index (χ2v) is 4.38. The van der Waals surface area contributed by atoms with E-state index in [9.17, 15) is 4.79 Å². The third-order valence-electron chi connectivity index (χ3n) is 2.99. The molecule has 94 valence electrons. The van der Waals surface area contributed by atoms with Crippen molar-refractivity contribution in [2.75, 3.05) is 11.9 Å². The molecular weight excluding hydrogens is 226 g/mol. The van der Waals surface area contributed by atoms with Crippen LogP contribution in [-0.4, -0.2) is 22.4 Å². The molecule has 0 radical (unpaired) electrons. The lowest BCUT2D eigenvalue weighted by Crippen LogP contribution is -2.21. The molecule has 4 heteroatoms. The predicted octanol–water partition coefficient (Wildman–Crippen LogP) is 2.26. The fourth-order valence-electron chi connectivity index (χ4n) is 1.95. The zero-order valence-corrected chi connectivity index (χ0v) is 10.9. The van der Waals surface area contributed by atoms with Crippen molar-refractivity contribution in [3.8, 4) is 0 Å². The topological polar surface area (TPSA) is 38.1 Å². The number of imidazole rings is 1. The van der Waals surface area contributed by atoms with E-state index in [2.05, 4.69) is 4.98 Å². The lowest BCUT2D eigenvalue weighted by atomic mass is 10.1.